The first-order valence-corrected chi connectivity index (χ1v) is 5.83. The number of methoxy groups -OCH3 is 1. The Balaban J connectivity index is 3.67. The molecule has 0 radical (unpaired) electrons. The van der Waals surface area contributed by atoms with Crippen LogP contribution < -0.4 is 5.32 Å². The summed E-state index contributed by atoms with van der Waals surface area (Å²) in [7, 11) is 1.26. The highest BCUT2D eigenvalue weighted by Crippen LogP contribution is 1.92. The molecule has 0 unspecified atom stereocenters. The van der Waals surface area contributed by atoms with Gasteiger partial charge in [-0.1, -0.05) is 0 Å². The maximum Gasteiger partial charge on any atom is 0.406 e. The number of ether oxygens (including phenoxy) is 3. The van der Waals surface area contributed by atoms with Crippen LogP contribution in [-0.4, -0.2) is 44.4 Å². The van der Waals surface area contributed by atoms with Gasteiger partial charge in [-0.25, -0.2) is 14.4 Å². The molecule has 1 amide bonds. The van der Waals surface area contributed by atoms with Crippen LogP contribution in [0.2, 0.25) is 0 Å². The molecule has 0 bridgehead atoms. The van der Waals surface area contributed by atoms with Gasteiger partial charge in [0.25, 0.3) is 0 Å². The first kappa shape index (κ1) is 16.9. The summed E-state index contributed by atoms with van der Waals surface area (Å²) in [5.41, 5.74) is 0. The maximum absolute atomic E-state index is 11.2. The summed E-state index contributed by atoms with van der Waals surface area (Å²) in [4.78, 5) is 32.9. The van der Waals surface area contributed by atoms with Gasteiger partial charge < -0.3 is 19.5 Å². The third-order valence-corrected chi connectivity index (χ3v) is 1.73. The normalized spacial score (nSPS) is 10.3. The fourth-order valence-electron chi connectivity index (χ4n) is 0.963. The Morgan fingerprint density at radius 2 is 1.79 bits per heavy atom. The number of carbonyl (C=O) groups excluding carboxylic acids is 3. The van der Waals surface area contributed by atoms with Crippen LogP contribution in [0.25, 0.3) is 0 Å². The zero-order chi connectivity index (χ0) is 14.7. The van der Waals surface area contributed by atoms with Gasteiger partial charge in [0, 0.05) is 18.7 Å². The fourth-order valence-corrected chi connectivity index (χ4v) is 0.963. The van der Waals surface area contributed by atoms with E-state index in [0.717, 1.165) is 12.2 Å². The maximum atomic E-state index is 11.2. The number of nitrogens with one attached hydrogen (secondary N) is 1. The molecule has 0 aromatic heterocycles. The summed E-state index contributed by atoms with van der Waals surface area (Å²) in [6, 6.07) is 0. The molecule has 0 aliphatic heterocycles. The largest absolute Gasteiger partial charge is 0.462 e. The van der Waals surface area contributed by atoms with Crippen LogP contribution >= 0.6 is 0 Å². The van der Waals surface area contributed by atoms with Gasteiger partial charge in [0.2, 0.25) is 0 Å². The van der Waals surface area contributed by atoms with E-state index in [1.807, 2.05) is 0 Å². The number of esters is 2. The van der Waals surface area contributed by atoms with E-state index < -0.39 is 18.0 Å². The second-order valence-electron chi connectivity index (χ2n) is 3.76. The lowest BCUT2D eigenvalue weighted by Crippen LogP contribution is -2.25. The summed E-state index contributed by atoms with van der Waals surface area (Å²) in [5.74, 6) is -1.24. The molecule has 0 rings (SSSR count). The topological polar surface area (TPSA) is 90.9 Å². The minimum atomic E-state index is -0.640. The molecule has 7 heteroatoms. The van der Waals surface area contributed by atoms with Gasteiger partial charge >= 0.3 is 18.0 Å². The lowest BCUT2D eigenvalue weighted by molar-refractivity contribution is -0.142. The van der Waals surface area contributed by atoms with Crippen molar-refractivity contribution in [3.05, 3.63) is 12.2 Å². The van der Waals surface area contributed by atoms with Crippen LogP contribution in [0.3, 0.4) is 0 Å². The molecule has 0 fully saturated rings. The van der Waals surface area contributed by atoms with Crippen LogP contribution in [-0.2, 0) is 23.8 Å². The average molecular weight is 273 g/mol. The van der Waals surface area contributed by atoms with Crippen LogP contribution in [0.5, 0.6) is 0 Å². The van der Waals surface area contributed by atoms with E-state index in [2.05, 4.69) is 10.1 Å². The number of rotatable bonds is 7. The highest BCUT2D eigenvalue weighted by Gasteiger charge is 2.03. The molecule has 0 aliphatic rings. The highest BCUT2D eigenvalue weighted by molar-refractivity contribution is 5.91. The molecule has 19 heavy (non-hydrogen) atoms. The van der Waals surface area contributed by atoms with E-state index in [9.17, 15) is 14.4 Å². The third-order valence-electron chi connectivity index (χ3n) is 1.73. The van der Waals surface area contributed by atoms with Crippen molar-refractivity contribution in [3.8, 4) is 0 Å². The highest BCUT2D eigenvalue weighted by atomic mass is 16.5. The second-order valence-corrected chi connectivity index (χ2v) is 3.76. The SMILES string of the molecule is COC(=O)NCCCOC(=O)/C=C/C(=O)OC(C)C. The first-order valence-electron chi connectivity index (χ1n) is 5.83. The predicted molar refractivity (Wildman–Crippen MR) is 66.4 cm³/mol. The molecule has 0 atom stereocenters. The first-order chi connectivity index (χ1) is 8.95. The van der Waals surface area contributed by atoms with E-state index in [0.29, 0.717) is 13.0 Å². The summed E-state index contributed by atoms with van der Waals surface area (Å²) in [5, 5.41) is 2.43. The smallest absolute Gasteiger partial charge is 0.406 e. The van der Waals surface area contributed by atoms with E-state index in [1.165, 1.54) is 7.11 Å². The van der Waals surface area contributed by atoms with Crippen LogP contribution in [0.1, 0.15) is 20.3 Å². The van der Waals surface area contributed by atoms with Crippen molar-refractivity contribution in [1.82, 2.24) is 5.32 Å². The minimum Gasteiger partial charge on any atom is -0.462 e. The summed E-state index contributed by atoms with van der Waals surface area (Å²) >= 11 is 0. The van der Waals surface area contributed by atoms with E-state index in [1.54, 1.807) is 13.8 Å². The van der Waals surface area contributed by atoms with Gasteiger partial charge in [-0.2, -0.15) is 0 Å². The molecule has 0 spiro atoms. The van der Waals surface area contributed by atoms with Crippen molar-refractivity contribution >= 4 is 18.0 Å². The Kier molecular flexibility index (Phi) is 8.86. The van der Waals surface area contributed by atoms with Gasteiger partial charge in [-0.3, -0.25) is 0 Å². The van der Waals surface area contributed by atoms with Gasteiger partial charge in [0.05, 0.1) is 19.8 Å². The van der Waals surface area contributed by atoms with E-state index in [-0.39, 0.29) is 12.7 Å². The zero-order valence-electron chi connectivity index (χ0n) is 11.3. The molecule has 7 nitrogen and oxygen atoms in total. The monoisotopic (exact) mass is 273 g/mol. The molecule has 0 saturated carbocycles. The summed E-state index contributed by atoms with van der Waals surface area (Å²) in [6.45, 7) is 3.88. The van der Waals surface area contributed by atoms with Crippen molar-refractivity contribution in [3.63, 3.8) is 0 Å². The number of hydrogen-bond donors (Lipinski definition) is 1. The molecule has 1 N–H and O–H groups in total. The Hall–Kier alpha value is -2.05. The minimum absolute atomic E-state index is 0.131. The molecular weight excluding hydrogens is 254 g/mol. The number of amides is 1. The molecule has 0 aromatic rings. The third kappa shape index (κ3) is 10.8. The number of alkyl carbamates (subject to hydrolysis) is 1. The van der Waals surface area contributed by atoms with Crippen molar-refractivity contribution in [2.24, 2.45) is 0 Å². The molecule has 0 aliphatic carbocycles. The van der Waals surface area contributed by atoms with Gasteiger partial charge in [0.15, 0.2) is 0 Å². The van der Waals surface area contributed by atoms with Crippen molar-refractivity contribution < 1.29 is 28.6 Å². The van der Waals surface area contributed by atoms with Gasteiger partial charge in [0.1, 0.15) is 0 Å². The van der Waals surface area contributed by atoms with Crippen molar-refractivity contribution in [1.29, 1.82) is 0 Å². The molecular formula is C12H19NO6. The predicted octanol–water partition coefficient (Wildman–Crippen LogP) is 0.783. The Morgan fingerprint density at radius 3 is 2.37 bits per heavy atom. The molecule has 0 heterocycles. The lowest BCUT2D eigenvalue weighted by atomic mass is 10.4. The van der Waals surface area contributed by atoms with E-state index in [4.69, 9.17) is 9.47 Å². The van der Waals surface area contributed by atoms with Crippen LogP contribution in [0.4, 0.5) is 4.79 Å². The Morgan fingerprint density at radius 1 is 1.16 bits per heavy atom. The molecule has 0 aromatic carbocycles. The van der Waals surface area contributed by atoms with Crippen LogP contribution in [0, 0.1) is 0 Å². The molecule has 108 valence electrons. The zero-order valence-corrected chi connectivity index (χ0v) is 11.3. The number of hydrogen-bond acceptors (Lipinski definition) is 6. The fraction of sp³-hybridized carbons (Fsp3) is 0.583. The average Bonchev–Trinajstić information content (AvgIpc) is 2.34. The molecule has 0 saturated heterocycles. The van der Waals surface area contributed by atoms with Crippen LogP contribution in [0.15, 0.2) is 12.2 Å². The van der Waals surface area contributed by atoms with Gasteiger partial charge in [-0.05, 0) is 20.3 Å². The van der Waals surface area contributed by atoms with Gasteiger partial charge in [-0.15, -0.1) is 0 Å². The Labute approximate surface area is 111 Å². The lowest BCUT2D eigenvalue weighted by Gasteiger charge is -2.04. The van der Waals surface area contributed by atoms with Crippen molar-refractivity contribution in [2.75, 3.05) is 20.3 Å². The standard InChI is InChI=1S/C12H19NO6/c1-9(2)19-11(15)6-5-10(14)18-8-4-7-13-12(16)17-3/h5-6,9H,4,7-8H2,1-3H3,(H,13,16)/b6-5+. The summed E-state index contributed by atoms with van der Waals surface area (Å²) in [6.07, 6.45) is 1.68. The summed E-state index contributed by atoms with van der Waals surface area (Å²) < 4.78 is 13.9. The second kappa shape index (κ2) is 9.93. The van der Waals surface area contributed by atoms with E-state index >= 15 is 0 Å². The number of carbonyl (C=O) groups is 3. The van der Waals surface area contributed by atoms with Crippen molar-refractivity contribution in [2.45, 2.75) is 26.4 Å². The quantitative estimate of drug-likeness (QED) is 0.319. The Bertz CT molecular complexity index is 337.